The molecular formula is C27H32F3N5O3S. The quantitative estimate of drug-likeness (QED) is 0.445. The van der Waals surface area contributed by atoms with Crippen LogP contribution in [-0.2, 0) is 16.1 Å². The van der Waals surface area contributed by atoms with Crippen molar-refractivity contribution in [1.29, 1.82) is 0 Å². The minimum Gasteiger partial charge on any atom is -0.390 e. The molecule has 0 aromatic carbocycles. The van der Waals surface area contributed by atoms with E-state index >= 15 is 0 Å². The number of hydrogen-bond acceptors (Lipinski definition) is 8. The van der Waals surface area contributed by atoms with Crippen LogP contribution in [0.3, 0.4) is 0 Å². The first kappa shape index (κ1) is 26.9. The van der Waals surface area contributed by atoms with E-state index in [0.717, 1.165) is 30.4 Å². The highest BCUT2D eigenvalue weighted by molar-refractivity contribution is 8.14. The first-order valence-electron chi connectivity index (χ1n) is 13.6. The van der Waals surface area contributed by atoms with Crippen LogP contribution >= 0.6 is 11.8 Å². The Hall–Kier alpha value is -2.28. The summed E-state index contributed by atoms with van der Waals surface area (Å²) in [6.45, 7) is 0.632. The van der Waals surface area contributed by atoms with Crippen molar-refractivity contribution in [2.24, 2.45) is 22.7 Å². The number of carbonyl (C=O) groups excluding carboxylic acids is 1. The molecule has 3 N–H and O–H groups in total. The number of amidine groups is 1. The molecule has 1 amide bonds. The Labute approximate surface area is 229 Å². The van der Waals surface area contributed by atoms with Gasteiger partial charge in [0.1, 0.15) is 6.61 Å². The zero-order chi connectivity index (χ0) is 27.1. The highest BCUT2D eigenvalue weighted by Gasteiger charge is 2.55. The van der Waals surface area contributed by atoms with E-state index in [1.54, 1.807) is 12.4 Å². The van der Waals surface area contributed by atoms with Crippen molar-refractivity contribution in [3.8, 4) is 0 Å². The van der Waals surface area contributed by atoms with Gasteiger partial charge in [-0.1, -0.05) is 30.0 Å². The zero-order valence-corrected chi connectivity index (χ0v) is 22.1. The Morgan fingerprint density at radius 1 is 1.18 bits per heavy atom. The van der Waals surface area contributed by atoms with Crippen molar-refractivity contribution in [2.75, 3.05) is 6.54 Å². The predicted molar refractivity (Wildman–Crippen MR) is 140 cm³/mol. The van der Waals surface area contributed by atoms with E-state index in [9.17, 15) is 23.1 Å². The minimum absolute atomic E-state index is 0.0584. The molecule has 2 heterocycles. The van der Waals surface area contributed by atoms with Gasteiger partial charge in [0.15, 0.2) is 11.0 Å². The molecule has 1 aromatic heterocycles. The molecule has 8 nitrogen and oxygen atoms in total. The number of alkyl halides is 3. The van der Waals surface area contributed by atoms with Crippen LogP contribution in [0, 0.1) is 17.8 Å². The van der Waals surface area contributed by atoms with Crippen LogP contribution < -0.4 is 10.6 Å². The van der Waals surface area contributed by atoms with Crippen molar-refractivity contribution in [3.05, 3.63) is 42.0 Å². The Morgan fingerprint density at radius 3 is 2.67 bits per heavy atom. The van der Waals surface area contributed by atoms with Crippen LogP contribution in [0.15, 0.2) is 35.6 Å². The molecule has 1 aromatic rings. The third-order valence-electron chi connectivity index (χ3n) is 8.30. The number of carbonyl (C=O) groups is 1. The maximum Gasteiger partial charge on any atom is 0.392 e. The van der Waals surface area contributed by atoms with Gasteiger partial charge >= 0.3 is 6.18 Å². The van der Waals surface area contributed by atoms with E-state index in [2.05, 4.69) is 31.7 Å². The van der Waals surface area contributed by atoms with E-state index in [4.69, 9.17) is 4.74 Å². The average Bonchev–Trinajstić information content (AvgIpc) is 3.40. The topological polar surface area (TPSA) is 109 Å². The lowest BCUT2D eigenvalue weighted by Crippen LogP contribution is -2.48. The number of allylic oxidation sites excluding steroid dienone is 2. The number of aliphatic imine (C=N–C) groups is 1. The molecule has 0 bridgehead atoms. The fraction of sp³-hybridized carbons (Fsp3) is 0.630. The highest BCUT2D eigenvalue weighted by Crippen LogP contribution is 2.49. The molecule has 210 valence electrons. The number of nitrogens with zero attached hydrogens (tertiary/aromatic N) is 3. The summed E-state index contributed by atoms with van der Waals surface area (Å²) in [4.78, 5) is 26.2. The normalized spacial score (nSPS) is 35.2. The minimum atomic E-state index is -4.09. The number of nitrogens with one attached hydrogen (secondary N) is 2. The van der Waals surface area contributed by atoms with Gasteiger partial charge < -0.3 is 20.5 Å². The molecule has 3 unspecified atom stereocenters. The van der Waals surface area contributed by atoms with Gasteiger partial charge in [0.05, 0.1) is 29.4 Å². The number of ether oxygens (including phenoxy) is 1. The first-order valence-corrected chi connectivity index (χ1v) is 14.5. The summed E-state index contributed by atoms with van der Waals surface area (Å²) in [5.74, 6) is -1.15. The lowest BCUT2D eigenvalue weighted by atomic mass is 9.79. The van der Waals surface area contributed by atoms with Crippen LogP contribution in [-0.4, -0.2) is 68.4 Å². The Kier molecular flexibility index (Phi) is 7.55. The summed E-state index contributed by atoms with van der Waals surface area (Å²) in [6, 6.07) is 0.0373. The summed E-state index contributed by atoms with van der Waals surface area (Å²) >= 11 is 1.51. The maximum absolute atomic E-state index is 12.7. The van der Waals surface area contributed by atoms with Crippen molar-refractivity contribution < 1.29 is 27.8 Å². The molecule has 1 aliphatic heterocycles. The fourth-order valence-electron chi connectivity index (χ4n) is 5.67. The number of thioether (sulfide) groups is 1. The van der Waals surface area contributed by atoms with E-state index in [-0.39, 0.29) is 54.2 Å². The monoisotopic (exact) mass is 563 g/mol. The van der Waals surface area contributed by atoms with Crippen LogP contribution in [0.25, 0.3) is 5.57 Å². The summed E-state index contributed by atoms with van der Waals surface area (Å²) in [6.07, 6.45) is 9.07. The van der Waals surface area contributed by atoms with Gasteiger partial charge in [0.2, 0.25) is 5.91 Å². The number of amides is 1. The summed E-state index contributed by atoms with van der Waals surface area (Å²) in [7, 11) is 0. The molecule has 6 rings (SSSR count). The third-order valence-corrected chi connectivity index (χ3v) is 9.42. The Bertz CT molecular complexity index is 1170. The molecule has 6 atom stereocenters. The van der Waals surface area contributed by atoms with Gasteiger partial charge in [-0.2, -0.15) is 13.2 Å². The van der Waals surface area contributed by atoms with Gasteiger partial charge in [-0.3, -0.25) is 9.79 Å². The molecule has 0 radical (unpaired) electrons. The van der Waals surface area contributed by atoms with Crippen molar-refractivity contribution in [1.82, 2.24) is 20.6 Å². The van der Waals surface area contributed by atoms with Gasteiger partial charge in [-0.15, -0.1) is 0 Å². The molecule has 5 aliphatic rings. The molecule has 0 saturated heterocycles. The lowest BCUT2D eigenvalue weighted by molar-refractivity contribution is -0.150. The molecule has 3 fully saturated rings. The van der Waals surface area contributed by atoms with Gasteiger partial charge in [0.25, 0.3) is 0 Å². The second-order valence-corrected chi connectivity index (χ2v) is 12.3. The Balaban J connectivity index is 0.936. The fourth-order valence-corrected chi connectivity index (χ4v) is 6.78. The number of halogens is 3. The first-order chi connectivity index (χ1) is 18.7. The second kappa shape index (κ2) is 10.9. The standard InChI is InChI=1S/C27H32F3N5O3S/c28-27(29,30)19-8-16(19)10-31-18-6-15(7-18)25(37)35-26-34-20-5-4-14(9-23(20)39-26)17-11-32-24(33-12-17)13-38-22-3-1-2-21(22)36/h4-5,9,11-12,15-16,18-23,31,36H,1-3,6-8,10,13H2,(H,34,35,37)/t15?,16?,18?,19-,20?,21+,22+,23?/m1/s1. The molecule has 12 heteroatoms. The van der Waals surface area contributed by atoms with Crippen LogP contribution in [0.1, 0.15) is 49.9 Å². The SMILES string of the molecule is O=C(NC1=NC2C=CC(c3cnc(CO[C@H]4CCC[C@@H]4O)nc3)=CC2S1)C1CC(NCC2C[C@H]2C(F)(F)F)C1. The summed E-state index contributed by atoms with van der Waals surface area (Å²) < 4.78 is 43.8. The smallest absolute Gasteiger partial charge is 0.390 e. The van der Waals surface area contributed by atoms with Crippen molar-refractivity contribution in [3.63, 3.8) is 0 Å². The van der Waals surface area contributed by atoms with Gasteiger partial charge in [-0.05, 0) is 56.6 Å². The zero-order valence-electron chi connectivity index (χ0n) is 21.3. The lowest BCUT2D eigenvalue weighted by Gasteiger charge is -2.35. The van der Waals surface area contributed by atoms with Crippen LogP contribution in [0.5, 0.6) is 0 Å². The van der Waals surface area contributed by atoms with Crippen LogP contribution in [0.2, 0.25) is 0 Å². The maximum atomic E-state index is 12.7. The number of aromatic nitrogens is 2. The summed E-state index contributed by atoms with van der Waals surface area (Å²) in [5, 5.41) is 16.7. The molecule has 3 saturated carbocycles. The highest BCUT2D eigenvalue weighted by atomic mass is 32.2. The van der Waals surface area contributed by atoms with Crippen molar-refractivity contribution >= 4 is 28.4 Å². The van der Waals surface area contributed by atoms with Crippen molar-refractivity contribution in [2.45, 2.75) is 80.8 Å². The van der Waals surface area contributed by atoms with Gasteiger partial charge in [0, 0.05) is 29.9 Å². The molecular weight excluding hydrogens is 531 g/mol. The Morgan fingerprint density at radius 2 is 1.97 bits per heavy atom. The van der Waals surface area contributed by atoms with Crippen LogP contribution in [0.4, 0.5) is 13.2 Å². The number of hydrogen-bond donors (Lipinski definition) is 3. The number of fused-ring (bicyclic) bond motifs is 1. The molecule has 4 aliphatic carbocycles. The van der Waals surface area contributed by atoms with E-state index in [1.807, 2.05) is 12.2 Å². The molecule has 0 spiro atoms. The number of aliphatic hydroxyl groups excluding tert-OH is 1. The second-order valence-electron chi connectivity index (χ2n) is 11.1. The average molecular weight is 564 g/mol. The third kappa shape index (κ3) is 6.23. The summed E-state index contributed by atoms with van der Waals surface area (Å²) in [5.41, 5.74) is 1.87. The van der Waals surface area contributed by atoms with E-state index in [0.29, 0.717) is 30.4 Å². The number of rotatable bonds is 8. The van der Waals surface area contributed by atoms with E-state index < -0.39 is 18.2 Å². The molecule has 39 heavy (non-hydrogen) atoms. The largest absolute Gasteiger partial charge is 0.392 e. The number of aliphatic hydroxyl groups is 1. The van der Waals surface area contributed by atoms with Gasteiger partial charge in [-0.25, -0.2) is 9.97 Å². The van der Waals surface area contributed by atoms with E-state index in [1.165, 1.54) is 11.8 Å². The predicted octanol–water partition coefficient (Wildman–Crippen LogP) is 3.38.